The summed E-state index contributed by atoms with van der Waals surface area (Å²) in [5, 5.41) is 3.75. The van der Waals surface area contributed by atoms with E-state index < -0.39 is 0 Å². The zero-order valence-electron chi connectivity index (χ0n) is 12.9. The number of fused-ring (bicyclic) bond motifs is 1. The summed E-state index contributed by atoms with van der Waals surface area (Å²) in [5.74, 6) is 0. The summed E-state index contributed by atoms with van der Waals surface area (Å²) >= 11 is 0. The van der Waals surface area contributed by atoms with Crippen molar-refractivity contribution >= 4 is 0 Å². The Hall–Kier alpha value is -0.160. The van der Waals surface area contributed by atoms with Gasteiger partial charge in [-0.2, -0.15) is 0 Å². The lowest BCUT2D eigenvalue weighted by Gasteiger charge is -2.50. The maximum absolute atomic E-state index is 6.02. The highest BCUT2D eigenvalue weighted by Crippen LogP contribution is 2.31. The van der Waals surface area contributed by atoms with Crippen LogP contribution in [-0.2, 0) is 9.47 Å². The van der Waals surface area contributed by atoms with E-state index in [4.69, 9.17) is 9.47 Å². The van der Waals surface area contributed by atoms with Crippen molar-refractivity contribution in [3.05, 3.63) is 0 Å². The first-order valence-electron chi connectivity index (χ1n) is 8.58. The van der Waals surface area contributed by atoms with Gasteiger partial charge in [0, 0.05) is 31.3 Å². The largest absolute Gasteiger partial charge is 0.380 e. The molecule has 0 spiro atoms. The Balaban J connectivity index is 1.67. The summed E-state index contributed by atoms with van der Waals surface area (Å²) < 4.78 is 11.8. The molecule has 4 atom stereocenters. The van der Waals surface area contributed by atoms with E-state index in [-0.39, 0.29) is 0 Å². The van der Waals surface area contributed by atoms with Crippen LogP contribution in [0, 0.1) is 0 Å². The van der Waals surface area contributed by atoms with Crippen molar-refractivity contribution in [1.82, 2.24) is 10.2 Å². The first kappa shape index (κ1) is 14.8. The molecule has 3 aliphatic rings. The predicted octanol–water partition coefficient (Wildman–Crippen LogP) is 1.79. The molecule has 1 saturated carbocycles. The molecule has 0 amide bonds. The molecule has 116 valence electrons. The third kappa shape index (κ3) is 3.19. The van der Waals surface area contributed by atoms with Gasteiger partial charge in [0.25, 0.3) is 0 Å². The smallest absolute Gasteiger partial charge is 0.0731 e. The standard InChI is InChI=1S/C16H30N2O2/c1-2-8-17-13-7-10-19-12-15(13)18-9-11-20-16-6-4-3-5-14(16)18/h13-17H,2-12H2,1H3. The second-order valence-electron chi connectivity index (χ2n) is 6.49. The number of hydrogen-bond acceptors (Lipinski definition) is 4. The minimum Gasteiger partial charge on any atom is -0.380 e. The van der Waals surface area contributed by atoms with Gasteiger partial charge in [0.1, 0.15) is 0 Å². The van der Waals surface area contributed by atoms with Crippen molar-refractivity contribution in [2.24, 2.45) is 0 Å². The molecule has 3 rings (SSSR count). The molecular formula is C16H30N2O2. The second kappa shape index (κ2) is 7.21. The third-order valence-corrected chi connectivity index (χ3v) is 5.18. The van der Waals surface area contributed by atoms with Gasteiger partial charge in [0.05, 0.1) is 19.3 Å². The van der Waals surface area contributed by atoms with Crippen LogP contribution in [0.3, 0.4) is 0 Å². The molecule has 2 heterocycles. The van der Waals surface area contributed by atoms with Crippen LogP contribution in [0.2, 0.25) is 0 Å². The summed E-state index contributed by atoms with van der Waals surface area (Å²) in [6, 6.07) is 1.78. The zero-order valence-corrected chi connectivity index (χ0v) is 12.9. The minimum absolute atomic E-state index is 0.478. The monoisotopic (exact) mass is 282 g/mol. The topological polar surface area (TPSA) is 33.7 Å². The van der Waals surface area contributed by atoms with E-state index in [0.717, 1.165) is 39.3 Å². The molecule has 2 saturated heterocycles. The normalized spacial score (nSPS) is 39.5. The van der Waals surface area contributed by atoms with Gasteiger partial charge in [-0.05, 0) is 32.2 Å². The average molecular weight is 282 g/mol. The van der Waals surface area contributed by atoms with Crippen LogP contribution in [0.4, 0.5) is 0 Å². The maximum atomic E-state index is 6.02. The molecule has 0 aromatic rings. The number of hydrogen-bond donors (Lipinski definition) is 1. The Morgan fingerprint density at radius 1 is 1.10 bits per heavy atom. The molecule has 20 heavy (non-hydrogen) atoms. The Morgan fingerprint density at radius 2 is 2.00 bits per heavy atom. The van der Waals surface area contributed by atoms with E-state index in [9.17, 15) is 0 Å². The zero-order chi connectivity index (χ0) is 13.8. The maximum Gasteiger partial charge on any atom is 0.0731 e. The van der Waals surface area contributed by atoms with Crippen molar-refractivity contribution in [1.29, 1.82) is 0 Å². The molecule has 1 N–H and O–H groups in total. The summed E-state index contributed by atoms with van der Waals surface area (Å²) in [6.45, 7) is 7.16. The highest BCUT2D eigenvalue weighted by Gasteiger charge is 2.40. The van der Waals surface area contributed by atoms with Gasteiger partial charge in [-0.1, -0.05) is 19.8 Å². The Bertz CT molecular complexity index is 298. The quantitative estimate of drug-likeness (QED) is 0.852. The molecule has 0 bridgehead atoms. The third-order valence-electron chi connectivity index (χ3n) is 5.18. The van der Waals surface area contributed by atoms with Crippen LogP contribution >= 0.6 is 0 Å². The highest BCUT2D eigenvalue weighted by atomic mass is 16.5. The number of rotatable bonds is 4. The number of nitrogens with zero attached hydrogens (tertiary/aromatic N) is 1. The molecule has 0 aromatic carbocycles. The molecule has 0 radical (unpaired) electrons. The fourth-order valence-corrected chi connectivity index (χ4v) is 4.16. The van der Waals surface area contributed by atoms with Gasteiger partial charge >= 0.3 is 0 Å². The Labute approximate surface area is 123 Å². The van der Waals surface area contributed by atoms with Gasteiger partial charge in [-0.15, -0.1) is 0 Å². The fourth-order valence-electron chi connectivity index (χ4n) is 4.16. The Kier molecular flexibility index (Phi) is 5.32. The van der Waals surface area contributed by atoms with Crippen LogP contribution in [0.5, 0.6) is 0 Å². The van der Waals surface area contributed by atoms with E-state index in [1.165, 1.54) is 32.1 Å². The van der Waals surface area contributed by atoms with Crippen molar-refractivity contribution in [3.8, 4) is 0 Å². The van der Waals surface area contributed by atoms with Crippen molar-refractivity contribution in [3.63, 3.8) is 0 Å². The summed E-state index contributed by atoms with van der Waals surface area (Å²) in [5.41, 5.74) is 0. The lowest BCUT2D eigenvalue weighted by molar-refractivity contribution is -0.125. The molecule has 0 aromatic heterocycles. The van der Waals surface area contributed by atoms with Crippen LogP contribution in [0.15, 0.2) is 0 Å². The second-order valence-corrected chi connectivity index (χ2v) is 6.49. The van der Waals surface area contributed by atoms with Gasteiger partial charge in [0.2, 0.25) is 0 Å². The summed E-state index contributed by atoms with van der Waals surface area (Å²) in [7, 11) is 0. The van der Waals surface area contributed by atoms with Crippen LogP contribution in [0.25, 0.3) is 0 Å². The summed E-state index contributed by atoms with van der Waals surface area (Å²) in [6.07, 6.45) is 8.10. The van der Waals surface area contributed by atoms with Crippen LogP contribution in [-0.4, -0.2) is 62.0 Å². The van der Waals surface area contributed by atoms with Gasteiger partial charge in [-0.3, -0.25) is 4.90 Å². The molecule has 1 aliphatic carbocycles. The van der Waals surface area contributed by atoms with E-state index >= 15 is 0 Å². The molecule has 4 heteroatoms. The first-order valence-corrected chi connectivity index (χ1v) is 8.58. The molecule has 4 nitrogen and oxygen atoms in total. The van der Waals surface area contributed by atoms with E-state index in [0.29, 0.717) is 24.2 Å². The minimum atomic E-state index is 0.478. The first-order chi connectivity index (χ1) is 9.90. The van der Waals surface area contributed by atoms with Crippen molar-refractivity contribution in [2.45, 2.75) is 69.7 Å². The molecule has 3 fully saturated rings. The van der Waals surface area contributed by atoms with E-state index in [1.807, 2.05) is 0 Å². The number of ether oxygens (including phenoxy) is 2. The molecule has 4 unspecified atom stereocenters. The van der Waals surface area contributed by atoms with Gasteiger partial charge in [-0.25, -0.2) is 0 Å². The van der Waals surface area contributed by atoms with Gasteiger partial charge in [0.15, 0.2) is 0 Å². The SMILES string of the molecule is CCCNC1CCOCC1N1CCOC2CCCCC21. The highest BCUT2D eigenvalue weighted by molar-refractivity contribution is 4.95. The van der Waals surface area contributed by atoms with E-state index in [1.54, 1.807) is 0 Å². The van der Waals surface area contributed by atoms with Crippen molar-refractivity contribution < 1.29 is 9.47 Å². The summed E-state index contributed by atoms with van der Waals surface area (Å²) in [4.78, 5) is 2.72. The van der Waals surface area contributed by atoms with E-state index in [2.05, 4.69) is 17.1 Å². The van der Waals surface area contributed by atoms with Gasteiger partial charge < -0.3 is 14.8 Å². The van der Waals surface area contributed by atoms with Crippen LogP contribution < -0.4 is 5.32 Å². The lowest BCUT2D eigenvalue weighted by atomic mass is 9.87. The van der Waals surface area contributed by atoms with Crippen LogP contribution in [0.1, 0.15) is 45.4 Å². The number of nitrogens with one attached hydrogen (secondary N) is 1. The molecular weight excluding hydrogens is 252 g/mol. The lowest BCUT2D eigenvalue weighted by Crippen LogP contribution is -2.63. The predicted molar refractivity (Wildman–Crippen MR) is 80.0 cm³/mol. The molecule has 2 aliphatic heterocycles. The number of morpholine rings is 1. The fraction of sp³-hybridized carbons (Fsp3) is 1.00. The Morgan fingerprint density at radius 3 is 2.90 bits per heavy atom. The van der Waals surface area contributed by atoms with Crippen molar-refractivity contribution in [2.75, 3.05) is 32.9 Å². The average Bonchev–Trinajstić information content (AvgIpc) is 2.53.